The van der Waals surface area contributed by atoms with Crippen LogP contribution in [0, 0.1) is 11.8 Å². The number of pyridine rings is 2. The highest BCUT2D eigenvalue weighted by Crippen LogP contribution is 2.42. The maximum atomic E-state index is 13.1. The topological polar surface area (TPSA) is 112 Å². The van der Waals surface area contributed by atoms with Crippen molar-refractivity contribution in [2.24, 2.45) is 11.8 Å². The van der Waals surface area contributed by atoms with Gasteiger partial charge < -0.3 is 10.4 Å². The molecule has 2 aliphatic rings. The number of sulfone groups is 1. The molecule has 8 nitrogen and oxygen atoms in total. The van der Waals surface area contributed by atoms with Gasteiger partial charge in [-0.05, 0) is 61.8 Å². The van der Waals surface area contributed by atoms with Gasteiger partial charge in [0.15, 0.2) is 9.84 Å². The predicted molar refractivity (Wildman–Crippen MR) is 143 cm³/mol. The molecule has 0 spiro atoms. The first-order chi connectivity index (χ1) is 19.0. The maximum Gasteiger partial charge on any atom is 0.391 e. The summed E-state index contributed by atoms with van der Waals surface area (Å²) in [4.78, 5) is 24.2. The highest BCUT2D eigenvalue weighted by atomic mass is 32.2. The van der Waals surface area contributed by atoms with E-state index < -0.39 is 40.5 Å². The second-order valence-electron chi connectivity index (χ2n) is 10.8. The number of nitrogens with zero attached hydrogens (tertiary/aromatic N) is 3. The molecular weight excluding hydrogens is 545 g/mol. The molecule has 2 aromatic heterocycles. The summed E-state index contributed by atoms with van der Waals surface area (Å²) >= 11 is 0. The Morgan fingerprint density at radius 3 is 2.45 bits per heavy atom. The Morgan fingerprint density at radius 1 is 1.15 bits per heavy atom. The number of aliphatic hydroxyl groups excluding tert-OH is 1. The molecule has 220 valence electrons. The first kappa shape index (κ1) is 30.4. The Labute approximate surface area is 233 Å². The molecule has 4 rings (SSSR count). The quantitative estimate of drug-likeness (QED) is 0.416. The second-order valence-corrected chi connectivity index (χ2v) is 13.1. The lowest BCUT2D eigenvalue weighted by Gasteiger charge is -2.34. The Hall–Kier alpha value is -2.57. The van der Waals surface area contributed by atoms with Crippen LogP contribution < -0.4 is 5.32 Å². The Balaban J connectivity index is 1.43. The fraction of sp³-hybridized carbons (Fsp3) is 0.607. The number of alkyl halides is 3. The summed E-state index contributed by atoms with van der Waals surface area (Å²) in [6, 6.07) is 3.89. The average Bonchev–Trinajstić information content (AvgIpc) is 3.27. The van der Waals surface area contributed by atoms with Crippen LogP contribution in [-0.4, -0.2) is 59.4 Å². The molecule has 2 atom stereocenters. The second kappa shape index (κ2) is 12.5. The number of halogens is 3. The van der Waals surface area contributed by atoms with Gasteiger partial charge in [0, 0.05) is 25.5 Å². The molecule has 1 amide bonds. The Bertz CT molecular complexity index is 1280. The third-order valence-electron chi connectivity index (χ3n) is 8.10. The minimum atomic E-state index is -4.12. The molecule has 2 N–H and O–H groups in total. The monoisotopic (exact) mass is 582 g/mol. The molecule has 0 bridgehead atoms. The summed E-state index contributed by atoms with van der Waals surface area (Å²) < 4.78 is 63.4. The molecule has 0 unspecified atom stereocenters. The van der Waals surface area contributed by atoms with Crippen molar-refractivity contribution in [3.05, 3.63) is 53.1 Å². The van der Waals surface area contributed by atoms with Crippen molar-refractivity contribution in [2.45, 2.75) is 82.1 Å². The van der Waals surface area contributed by atoms with Crippen LogP contribution in [0.1, 0.15) is 91.8 Å². The molecule has 1 aliphatic heterocycles. The van der Waals surface area contributed by atoms with Crippen molar-refractivity contribution in [3.8, 4) is 0 Å². The summed E-state index contributed by atoms with van der Waals surface area (Å²) in [5.41, 5.74) is 2.47. The summed E-state index contributed by atoms with van der Waals surface area (Å²) in [7, 11) is -3.42. The summed E-state index contributed by atoms with van der Waals surface area (Å²) in [5.74, 6) is -1.51. The maximum absolute atomic E-state index is 13.1. The molecule has 0 aromatic carbocycles. The molecule has 40 heavy (non-hydrogen) atoms. The number of fused-ring (bicyclic) bond motifs is 1. The van der Waals surface area contributed by atoms with E-state index in [9.17, 15) is 31.5 Å². The molecule has 0 saturated heterocycles. The molecule has 12 heteroatoms. The van der Waals surface area contributed by atoms with Gasteiger partial charge in [-0.3, -0.25) is 19.7 Å². The van der Waals surface area contributed by atoms with Crippen LogP contribution in [-0.2, 0) is 16.4 Å². The average molecular weight is 583 g/mol. The number of aliphatic hydroxyl groups is 1. The van der Waals surface area contributed by atoms with Crippen LogP contribution in [0.2, 0.25) is 0 Å². The van der Waals surface area contributed by atoms with Crippen molar-refractivity contribution in [2.75, 3.05) is 18.9 Å². The smallest absolute Gasteiger partial charge is 0.391 e. The normalized spacial score (nSPS) is 22.6. The number of hydrogen-bond donors (Lipinski definition) is 2. The Morgan fingerprint density at radius 2 is 1.88 bits per heavy atom. The summed E-state index contributed by atoms with van der Waals surface area (Å²) in [6.07, 6.45) is 1.86. The van der Waals surface area contributed by atoms with E-state index in [1.54, 1.807) is 6.07 Å². The first-order valence-electron chi connectivity index (χ1n) is 13.9. The van der Waals surface area contributed by atoms with Crippen LogP contribution in [0.15, 0.2) is 35.5 Å². The number of carbonyl (C=O) groups excluding carboxylic acids is 1. The van der Waals surface area contributed by atoms with Gasteiger partial charge in [0.25, 0.3) is 5.91 Å². The molecule has 1 saturated carbocycles. The van der Waals surface area contributed by atoms with E-state index in [1.807, 2.05) is 0 Å². The number of amides is 1. The predicted octanol–water partition coefficient (Wildman–Crippen LogP) is 4.76. The van der Waals surface area contributed by atoms with Crippen LogP contribution in [0.5, 0.6) is 0 Å². The van der Waals surface area contributed by atoms with E-state index in [4.69, 9.17) is 0 Å². The van der Waals surface area contributed by atoms with Gasteiger partial charge in [0.1, 0.15) is 0 Å². The van der Waals surface area contributed by atoms with Crippen molar-refractivity contribution >= 4 is 15.7 Å². The van der Waals surface area contributed by atoms with Crippen LogP contribution >= 0.6 is 0 Å². The molecule has 1 fully saturated rings. The van der Waals surface area contributed by atoms with E-state index >= 15 is 0 Å². The van der Waals surface area contributed by atoms with Crippen LogP contribution in [0.3, 0.4) is 0 Å². The minimum absolute atomic E-state index is 0.0600. The third kappa shape index (κ3) is 6.83. The zero-order valence-corrected chi connectivity index (χ0v) is 23.6. The molecule has 3 heterocycles. The summed E-state index contributed by atoms with van der Waals surface area (Å²) in [5, 5.41) is 12.6. The molecule has 2 aromatic rings. The lowest BCUT2D eigenvalue weighted by atomic mass is 9.81. The van der Waals surface area contributed by atoms with Crippen molar-refractivity contribution in [3.63, 3.8) is 0 Å². The van der Waals surface area contributed by atoms with E-state index in [1.165, 1.54) is 31.5 Å². The fourth-order valence-corrected chi connectivity index (χ4v) is 6.59. The summed E-state index contributed by atoms with van der Waals surface area (Å²) in [6.45, 7) is 4.47. The van der Waals surface area contributed by atoms with Gasteiger partial charge >= 0.3 is 6.18 Å². The van der Waals surface area contributed by atoms with Gasteiger partial charge in [0.2, 0.25) is 0 Å². The third-order valence-corrected chi connectivity index (χ3v) is 9.82. The van der Waals surface area contributed by atoms with Crippen molar-refractivity contribution in [1.82, 2.24) is 20.2 Å². The first-order valence-corrected chi connectivity index (χ1v) is 15.5. The highest BCUT2D eigenvalue weighted by molar-refractivity contribution is 7.91. The number of rotatable bonds is 10. The van der Waals surface area contributed by atoms with E-state index in [2.05, 4.69) is 27.1 Å². The van der Waals surface area contributed by atoms with Crippen LogP contribution in [0.25, 0.3) is 0 Å². The van der Waals surface area contributed by atoms with Gasteiger partial charge in [-0.2, -0.15) is 13.2 Å². The van der Waals surface area contributed by atoms with Gasteiger partial charge in [-0.25, -0.2) is 8.42 Å². The lowest BCUT2D eigenvalue weighted by molar-refractivity contribution is -0.184. The lowest BCUT2D eigenvalue weighted by Crippen LogP contribution is -2.33. The molecule has 0 radical (unpaired) electrons. The SMILES string of the molecule is CCC[C@@H]1c2ncc(C(=O)N[C@@H](CO)c3ccc(S(=O)(=O)CC)cn3)cc2CN1C[C@H]1CC[C@H](C(F)(F)F)CC1. The number of carbonyl (C=O) groups is 1. The fourth-order valence-electron chi connectivity index (χ4n) is 5.77. The van der Waals surface area contributed by atoms with Gasteiger partial charge in [-0.15, -0.1) is 0 Å². The largest absolute Gasteiger partial charge is 0.394 e. The Kier molecular flexibility index (Phi) is 9.51. The van der Waals surface area contributed by atoms with Gasteiger partial charge in [0.05, 0.1) is 52.2 Å². The number of nitrogens with one attached hydrogen (secondary N) is 1. The van der Waals surface area contributed by atoms with E-state index in [0.29, 0.717) is 37.2 Å². The minimum Gasteiger partial charge on any atom is -0.394 e. The van der Waals surface area contributed by atoms with Crippen LogP contribution in [0.4, 0.5) is 13.2 Å². The molecule has 1 aliphatic carbocycles. The van der Waals surface area contributed by atoms with Crippen molar-refractivity contribution < 1.29 is 31.5 Å². The number of hydrogen-bond acceptors (Lipinski definition) is 7. The van der Waals surface area contributed by atoms with Crippen molar-refractivity contribution in [1.29, 1.82) is 0 Å². The van der Waals surface area contributed by atoms with E-state index in [-0.39, 0.29) is 35.4 Å². The highest BCUT2D eigenvalue weighted by Gasteiger charge is 2.42. The standard InChI is InChI=1S/C28H37F3N4O4S/c1-3-5-25-26-20(16-35(25)15-18-6-8-21(9-7-18)28(29,30)31)12-19(13-33-26)27(37)34-24(17-36)23-11-10-22(14-32-23)40(38,39)4-2/h10-14,18,21,24-25,36H,3-9,15-17H2,1-2H3,(H,34,37)/t18-,21-,24-,25+/m0/s1. The van der Waals surface area contributed by atoms with Gasteiger partial charge in [-0.1, -0.05) is 20.3 Å². The zero-order valence-electron chi connectivity index (χ0n) is 22.8. The molecular formula is C28H37F3N4O4S. The zero-order chi connectivity index (χ0) is 29.1. The number of aromatic nitrogens is 2. The van der Waals surface area contributed by atoms with E-state index in [0.717, 1.165) is 24.1 Å².